The van der Waals surface area contributed by atoms with Gasteiger partial charge in [-0.05, 0) is 12.1 Å². The Labute approximate surface area is 93.5 Å². The number of nitrogens with zero attached hydrogens (tertiary/aromatic N) is 1. The molecule has 0 radical (unpaired) electrons. The number of nitrogens with one attached hydrogen (secondary N) is 1. The van der Waals surface area contributed by atoms with Crippen LogP contribution in [-0.2, 0) is 0 Å². The number of hydrogen-bond donors (Lipinski definition) is 1. The lowest BCUT2D eigenvalue weighted by molar-refractivity contribution is 0.0880. The minimum absolute atomic E-state index is 0.144. The average Bonchev–Trinajstić information content (AvgIpc) is 2.26. The summed E-state index contributed by atoms with van der Waals surface area (Å²) in [6, 6.07) is 9.56. The molecule has 0 bridgehead atoms. The highest BCUT2D eigenvalue weighted by Gasteiger charge is 2.26. The van der Waals surface area contributed by atoms with Gasteiger partial charge in [-0.1, -0.05) is 18.2 Å². The fraction of sp³-hybridized carbons (Fsp3) is 0.231. The number of hydrogen-bond acceptors (Lipinski definition) is 3. The monoisotopic (exact) mass is 212 g/mol. The molecule has 0 spiro atoms. The molecule has 0 unspecified atom stereocenters. The quantitative estimate of drug-likeness (QED) is 0.769. The Kier molecular flexibility index (Phi) is 2.18. The van der Waals surface area contributed by atoms with Crippen molar-refractivity contribution in [3.05, 3.63) is 42.1 Å². The van der Waals surface area contributed by atoms with Crippen LogP contribution in [-0.4, -0.2) is 23.9 Å². The number of fused-ring (bicyclic) bond motifs is 1. The zero-order chi connectivity index (χ0) is 11.0. The van der Waals surface area contributed by atoms with E-state index in [-0.39, 0.29) is 11.7 Å². The number of aromatic nitrogens is 1. The molecule has 2 heterocycles. The summed E-state index contributed by atoms with van der Waals surface area (Å²) >= 11 is 0. The Balaban J connectivity index is 2.12. The third-order valence-electron chi connectivity index (χ3n) is 3.06. The van der Waals surface area contributed by atoms with Crippen LogP contribution in [0, 0.1) is 5.92 Å². The predicted molar refractivity (Wildman–Crippen MR) is 62.4 cm³/mol. The van der Waals surface area contributed by atoms with Crippen molar-refractivity contribution in [1.82, 2.24) is 10.3 Å². The molecule has 1 saturated heterocycles. The molecule has 2 aromatic rings. The van der Waals surface area contributed by atoms with Crippen molar-refractivity contribution in [2.24, 2.45) is 5.92 Å². The maximum Gasteiger partial charge on any atom is 0.169 e. The molecule has 1 aromatic heterocycles. The standard InChI is InChI=1S/C13H12N2O/c16-13(9-7-14-8-9)11-3-1-5-12-10(11)4-2-6-15-12/h1-6,9,14H,7-8H2. The highest BCUT2D eigenvalue weighted by Crippen LogP contribution is 2.21. The summed E-state index contributed by atoms with van der Waals surface area (Å²) in [6.07, 6.45) is 1.75. The van der Waals surface area contributed by atoms with Crippen molar-refractivity contribution in [2.45, 2.75) is 0 Å². The summed E-state index contributed by atoms with van der Waals surface area (Å²) < 4.78 is 0. The summed E-state index contributed by atoms with van der Waals surface area (Å²) in [4.78, 5) is 16.4. The number of ketones is 1. The van der Waals surface area contributed by atoms with Gasteiger partial charge in [-0.2, -0.15) is 0 Å². The molecule has 3 rings (SSSR count). The van der Waals surface area contributed by atoms with Gasteiger partial charge in [-0.15, -0.1) is 0 Å². The summed E-state index contributed by atoms with van der Waals surface area (Å²) in [6.45, 7) is 1.60. The molecule has 1 fully saturated rings. The number of carbonyl (C=O) groups excluding carboxylic acids is 1. The van der Waals surface area contributed by atoms with Crippen molar-refractivity contribution >= 4 is 16.7 Å². The number of rotatable bonds is 2. The fourth-order valence-corrected chi connectivity index (χ4v) is 2.01. The highest BCUT2D eigenvalue weighted by atomic mass is 16.1. The first-order valence-electron chi connectivity index (χ1n) is 5.45. The van der Waals surface area contributed by atoms with Crippen LogP contribution in [0.5, 0.6) is 0 Å². The van der Waals surface area contributed by atoms with Crippen LogP contribution >= 0.6 is 0 Å². The Hall–Kier alpha value is -1.74. The topological polar surface area (TPSA) is 42.0 Å². The van der Waals surface area contributed by atoms with Crippen molar-refractivity contribution in [1.29, 1.82) is 0 Å². The van der Waals surface area contributed by atoms with Gasteiger partial charge >= 0.3 is 0 Å². The summed E-state index contributed by atoms with van der Waals surface area (Å²) in [5.74, 6) is 0.378. The first-order chi connectivity index (χ1) is 7.86. The molecule has 1 N–H and O–H groups in total. The summed E-state index contributed by atoms with van der Waals surface area (Å²) in [5.41, 5.74) is 1.69. The lowest BCUT2D eigenvalue weighted by Crippen LogP contribution is -2.46. The normalized spacial score (nSPS) is 16.0. The largest absolute Gasteiger partial charge is 0.315 e. The van der Waals surface area contributed by atoms with Crippen molar-refractivity contribution in [3.8, 4) is 0 Å². The first kappa shape index (κ1) is 9.48. The third-order valence-corrected chi connectivity index (χ3v) is 3.06. The average molecular weight is 212 g/mol. The number of benzene rings is 1. The first-order valence-corrected chi connectivity index (χ1v) is 5.45. The van der Waals surface area contributed by atoms with Crippen molar-refractivity contribution in [2.75, 3.05) is 13.1 Å². The second-order valence-electron chi connectivity index (χ2n) is 4.10. The predicted octanol–water partition coefficient (Wildman–Crippen LogP) is 1.64. The molecular weight excluding hydrogens is 200 g/mol. The van der Waals surface area contributed by atoms with Crippen LogP contribution in [0.1, 0.15) is 10.4 Å². The minimum atomic E-state index is 0.144. The zero-order valence-corrected chi connectivity index (χ0v) is 8.81. The highest BCUT2D eigenvalue weighted by molar-refractivity contribution is 6.08. The molecule has 0 amide bonds. The zero-order valence-electron chi connectivity index (χ0n) is 8.81. The lowest BCUT2D eigenvalue weighted by Gasteiger charge is -2.25. The van der Waals surface area contributed by atoms with Crippen molar-refractivity contribution in [3.63, 3.8) is 0 Å². The van der Waals surface area contributed by atoms with Crippen LogP contribution in [0.2, 0.25) is 0 Å². The maximum atomic E-state index is 12.2. The molecule has 0 atom stereocenters. The van der Waals surface area contributed by atoms with Crippen molar-refractivity contribution < 1.29 is 4.79 Å². The van der Waals surface area contributed by atoms with Crippen LogP contribution < -0.4 is 5.32 Å². The maximum absolute atomic E-state index is 12.2. The fourth-order valence-electron chi connectivity index (χ4n) is 2.01. The molecule has 3 nitrogen and oxygen atoms in total. The van der Waals surface area contributed by atoms with E-state index in [0.29, 0.717) is 0 Å². The Bertz CT molecular complexity index is 541. The van der Waals surface area contributed by atoms with Gasteiger partial charge in [-0.3, -0.25) is 9.78 Å². The Morgan fingerprint density at radius 3 is 2.88 bits per heavy atom. The summed E-state index contributed by atoms with van der Waals surface area (Å²) in [5, 5.41) is 4.08. The van der Waals surface area contributed by atoms with E-state index in [1.807, 2.05) is 30.3 Å². The van der Waals surface area contributed by atoms with Gasteiger partial charge in [0.2, 0.25) is 0 Å². The SMILES string of the molecule is O=C(c1cccc2ncccc12)C1CNC1. The second kappa shape index (κ2) is 3.68. The Morgan fingerprint density at radius 2 is 2.12 bits per heavy atom. The molecule has 1 aromatic carbocycles. The van der Waals surface area contributed by atoms with Gasteiger partial charge in [-0.25, -0.2) is 0 Å². The minimum Gasteiger partial charge on any atom is -0.315 e. The van der Waals surface area contributed by atoms with Crippen LogP contribution in [0.15, 0.2) is 36.5 Å². The van der Waals surface area contributed by atoms with Gasteiger partial charge in [0.05, 0.1) is 5.52 Å². The number of carbonyl (C=O) groups is 1. The van der Waals surface area contributed by atoms with Gasteiger partial charge in [0.15, 0.2) is 5.78 Å². The van der Waals surface area contributed by atoms with E-state index in [1.165, 1.54) is 0 Å². The van der Waals surface area contributed by atoms with Gasteiger partial charge in [0.25, 0.3) is 0 Å². The van der Waals surface area contributed by atoms with E-state index in [4.69, 9.17) is 0 Å². The van der Waals surface area contributed by atoms with E-state index < -0.39 is 0 Å². The Morgan fingerprint density at radius 1 is 1.25 bits per heavy atom. The second-order valence-corrected chi connectivity index (χ2v) is 4.10. The molecule has 0 saturated carbocycles. The van der Waals surface area contributed by atoms with Crippen LogP contribution in [0.25, 0.3) is 10.9 Å². The molecule has 16 heavy (non-hydrogen) atoms. The summed E-state index contributed by atoms with van der Waals surface area (Å²) in [7, 11) is 0. The van der Waals surface area contributed by atoms with E-state index in [2.05, 4.69) is 10.3 Å². The van der Waals surface area contributed by atoms with Crippen LogP contribution in [0.4, 0.5) is 0 Å². The molecule has 0 aliphatic carbocycles. The third kappa shape index (κ3) is 1.41. The number of pyridine rings is 1. The molecule has 1 aliphatic rings. The van der Waals surface area contributed by atoms with Crippen LogP contribution in [0.3, 0.4) is 0 Å². The van der Waals surface area contributed by atoms with E-state index in [1.54, 1.807) is 6.20 Å². The molecule has 3 heteroatoms. The molecular formula is C13H12N2O. The smallest absolute Gasteiger partial charge is 0.169 e. The van der Waals surface area contributed by atoms with E-state index in [0.717, 1.165) is 29.6 Å². The van der Waals surface area contributed by atoms with E-state index >= 15 is 0 Å². The van der Waals surface area contributed by atoms with Gasteiger partial charge in [0, 0.05) is 36.2 Å². The van der Waals surface area contributed by atoms with E-state index in [9.17, 15) is 4.79 Å². The molecule has 1 aliphatic heterocycles. The molecule has 80 valence electrons. The number of Topliss-reactive ketones (excluding diaryl/α,β-unsaturated/α-hetero) is 1. The van der Waals surface area contributed by atoms with Gasteiger partial charge in [0.1, 0.15) is 0 Å². The lowest BCUT2D eigenvalue weighted by atomic mass is 9.91. The van der Waals surface area contributed by atoms with Gasteiger partial charge < -0.3 is 5.32 Å².